The highest BCUT2D eigenvalue weighted by Gasteiger charge is 2.22. The minimum Gasteiger partial charge on any atom is -0.384 e. The molecule has 0 aliphatic carbocycles. The van der Waals surface area contributed by atoms with E-state index < -0.39 is 17.4 Å². The van der Waals surface area contributed by atoms with Crippen molar-refractivity contribution in [3.8, 4) is 0 Å². The van der Waals surface area contributed by atoms with Crippen molar-refractivity contribution in [3.63, 3.8) is 0 Å². The van der Waals surface area contributed by atoms with Crippen molar-refractivity contribution in [1.29, 1.82) is 0 Å². The lowest BCUT2D eigenvalue weighted by molar-refractivity contribution is 0.106. The summed E-state index contributed by atoms with van der Waals surface area (Å²) in [5.41, 5.74) is 4.31. The summed E-state index contributed by atoms with van der Waals surface area (Å²) < 4.78 is 25.1. The number of carbonyl (C=O) groups excluding carboxylic acids is 1. The molecule has 0 amide bonds. The van der Waals surface area contributed by atoms with Crippen molar-refractivity contribution in [2.24, 2.45) is 0 Å². The minimum atomic E-state index is -2.87. The summed E-state index contributed by atoms with van der Waals surface area (Å²) in [5.74, 6) is -0.0635. The highest BCUT2D eigenvalue weighted by Crippen LogP contribution is 2.27. The van der Waals surface area contributed by atoms with Crippen LogP contribution in [0.15, 0.2) is 6.07 Å². The fourth-order valence-corrected chi connectivity index (χ4v) is 2.10. The third kappa shape index (κ3) is 2.30. The maximum Gasteiger partial charge on any atom is 0.281 e. The number of nitrogens with zero attached hydrogens (tertiary/aromatic N) is 1. The summed E-state index contributed by atoms with van der Waals surface area (Å²) in [4.78, 5) is 14.2. The average molecular weight is 332 g/mol. The normalized spacial score (nSPS) is 10.6. The van der Waals surface area contributed by atoms with Gasteiger partial charge in [0.2, 0.25) is 0 Å². The fraction of sp³-hybridized carbons (Fsp3) is 0.143. The number of aromatic nitrogens is 1. The standard InChI is InChI=1S/C7H4ClF2IN2O/c8-6(14)4-2(11)1-3(12)13-5(4)7(9)10/h1,7H,(H2,12,13). The molecule has 0 aliphatic heterocycles. The van der Waals surface area contributed by atoms with Gasteiger partial charge in [-0.2, -0.15) is 0 Å². The van der Waals surface area contributed by atoms with Crippen molar-refractivity contribution < 1.29 is 13.6 Å². The van der Waals surface area contributed by atoms with E-state index in [9.17, 15) is 13.6 Å². The van der Waals surface area contributed by atoms with Gasteiger partial charge in [-0.1, -0.05) is 0 Å². The molecular formula is C7H4ClF2IN2O. The lowest BCUT2D eigenvalue weighted by Crippen LogP contribution is -2.07. The number of hydrogen-bond donors (Lipinski definition) is 1. The summed E-state index contributed by atoms with van der Waals surface area (Å²) in [6.07, 6.45) is -2.87. The molecule has 0 atom stereocenters. The van der Waals surface area contributed by atoms with Crippen LogP contribution in [0.3, 0.4) is 0 Å². The molecule has 0 aliphatic rings. The maximum atomic E-state index is 12.4. The first-order valence-electron chi connectivity index (χ1n) is 3.37. The molecule has 3 nitrogen and oxygen atoms in total. The number of halogens is 4. The molecule has 76 valence electrons. The molecule has 0 unspecified atom stereocenters. The van der Waals surface area contributed by atoms with Crippen molar-refractivity contribution in [2.45, 2.75) is 6.43 Å². The highest BCUT2D eigenvalue weighted by molar-refractivity contribution is 14.1. The van der Waals surface area contributed by atoms with Gasteiger partial charge in [0.15, 0.2) is 0 Å². The van der Waals surface area contributed by atoms with E-state index in [2.05, 4.69) is 4.98 Å². The van der Waals surface area contributed by atoms with Gasteiger partial charge in [0, 0.05) is 3.57 Å². The second-order valence-corrected chi connectivity index (χ2v) is 3.87. The van der Waals surface area contributed by atoms with Crippen LogP contribution in [0.5, 0.6) is 0 Å². The molecule has 14 heavy (non-hydrogen) atoms. The first-order chi connectivity index (χ1) is 6.43. The van der Waals surface area contributed by atoms with Crippen LogP contribution >= 0.6 is 34.2 Å². The van der Waals surface area contributed by atoms with Crippen LogP contribution in [0, 0.1) is 3.57 Å². The van der Waals surface area contributed by atoms with Crippen LogP contribution in [-0.2, 0) is 0 Å². The van der Waals surface area contributed by atoms with Crippen molar-refractivity contribution >= 4 is 45.3 Å². The van der Waals surface area contributed by atoms with E-state index in [1.165, 1.54) is 6.07 Å². The van der Waals surface area contributed by atoms with E-state index in [0.29, 0.717) is 0 Å². The second-order valence-electron chi connectivity index (χ2n) is 2.36. The smallest absolute Gasteiger partial charge is 0.281 e. The summed E-state index contributed by atoms with van der Waals surface area (Å²) in [7, 11) is 0. The van der Waals surface area contributed by atoms with Gasteiger partial charge in [0.05, 0.1) is 5.56 Å². The van der Waals surface area contributed by atoms with Gasteiger partial charge in [-0.25, -0.2) is 13.8 Å². The third-order valence-corrected chi connectivity index (χ3v) is 2.46. The number of nitrogen functional groups attached to an aromatic ring is 1. The molecule has 1 heterocycles. The van der Waals surface area contributed by atoms with E-state index >= 15 is 0 Å². The Labute approximate surface area is 96.8 Å². The Morgan fingerprint density at radius 3 is 2.64 bits per heavy atom. The van der Waals surface area contributed by atoms with E-state index in [1.54, 1.807) is 22.6 Å². The molecule has 7 heteroatoms. The van der Waals surface area contributed by atoms with E-state index in [-0.39, 0.29) is 15.0 Å². The molecule has 0 saturated heterocycles. The van der Waals surface area contributed by atoms with Crippen molar-refractivity contribution in [3.05, 3.63) is 20.9 Å². The summed E-state index contributed by atoms with van der Waals surface area (Å²) in [5, 5.41) is -0.961. The molecule has 0 fully saturated rings. The molecule has 0 aromatic carbocycles. The maximum absolute atomic E-state index is 12.4. The van der Waals surface area contributed by atoms with Crippen LogP contribution in [0.4, 0.5) is 14.6 Å². The van der Waals surface area contributed by atoms with Crippen LogP contribution < -0.4 is 5.73 Å². The van der Waals surface area contributed by atoms with Gasteiger partial charge in [0.25, 0.3) is 11.7 Å². The lowest BCUT2D eigenvalue weighted by atomic mass is 10.2. The number of carbonyl (C=O) groups is 1. The molecule has 0 bridgehead atoms. The summed E-state index contributed by atoms with van der Waals surface area (Å²) in [6.45, 7) is 0. The average Bonchev–Trinajstić information content (AvgIpc) is 2.01. The number of anilines is 1. The Kier molecular flexibility index (Phi) is 3.59. The van der Waals surface area contributed by atoms with E-state index in [0.717, 1.165) is 0 Å². The Morgan fingerprint density at radius 1 is 1.64 bits per heavy atom. The molecule has 1 rings (SSSR count). The first-order valence-corrected chi connectivity index (χ1v) is 4.83. The largest absolute Gasteiger partial charge is 0.384 e. The lowest BCUT2D eigenvalue weighted by Gasteiger charge is -2.07. The highest BCUT2D eigenvalue weighted by atomic mass is 127. The molecular weight excluding hydrogens is 328 g/mol. The molecule has 2 N–H and O–H groups in total. The number of alkyl halides is 2. The molecule has 0 radical (unpaired) electrons. The Morgan fingerprint density at radius 2 is 2.21 bits per heavy atom. The predicted molar refractivity (Wildman–Crippen MR) is 56.5 cm³/mol. The zero-order valence-electron chi connectivity index (χ0n) is 6.60. The van der Waals surface area contributed by atoms with Crippen molar-refractivity contribution in [2.75, 3.05) is 5.73 Å². The Hall–Kier alpha value is -0.500. The Bertz CT molecular complexity index is 386. The van der Waals surface area contributed by atoms with Gasteiger partial charge >= 0.3 is 0 Å². The first kappa shape index (κ1) is 11.6. The van der Waals surface area contributed by atoms with Gasteiger partial charge in [-0.05, 0) is 40.3 Å². The fourth-order valence-electron chi connectivity index (χ4n) is 0.904. The Balaban J connectivity index is 3.44. The zero-order chi connectivity index (χ0) is 10.9. The number of nitrogens with two attached hydrogens (primary N) is 1. The number of hydrogen-bond acceptors (Lipinski definition) is 3. The van der Waals surface area contributed by atoms with Gasteiger partial charge in [-0.3, -0.25) is 4.79 Å². The van der Waals surface area contributed by atoms with Crippen LogP contribution in [0.1, 0.15) is 22.5 Å². The summed E-state index contributed by atoms with van der Waals surface area (Å²) in [6, 6.07) is 1.31. The van der Waals surface area contributed by atoms with Crippen LogP contribution in [-0.4, -0.2) is 10.2 Å². The zero-order valence-corrected chi connectivity index (χ0v) is 9.51. The van der Waals surface area contributed by atoms with Crippen LogP contribution in [0.25, 0.3) is 0 Å². The van der Waals surface area contributed by atoms with Gasteiger partial charge in [0.1, 0.15) is 11.5 Å². The number of pyridine rings is 1. The SMILES string of the molecule is Nc1cc(I)c(C(=O)Cl)c(C(F)F)n1. The van der Waals surface area contributed by atoms with E-state index in [1.807, 2.05) is 0 Å². The van der Waals surface area contributed by atoms with Crippen molar-refractivity contribution in [1.82, 2.24) is 4.98 Å². The van der Waals surface area contributed by atoms with Crippen LogP contribution in [0.2, 0.25) is 0 Å². The quantitative estimate of drug-likeness (QED) is 0.669. The van der Waals surface area contributed by atoms with Gasteiger partial charge < -0.3 is 5.73 Å². The van der Waals surface area contributed by atoms with Gasteiger partial charge in [-0.15, -0.1) is 0 Å². The molecule has 1 aromatic heterocycles. The monoisotopic (exact) mass is 332 g/mol. The molecule has 0 saturated carbocycles. The summed E-state index contributed by atoms with van der Waals surface area (Å²) >= 11 is 6.85. The predicted octanol–water partition coefficient (Wildman–Crippen LogP) is 2.58. The molecule has 0 spiro atoms. The number of rotatable bonds is 2. The molecule has 1 aromatic rings. The topological polar surface area (TPSA) is 56.0 Å². The van der Waals surface area contributed by atoms with E-state index in [4.69, 9.17) is 17.3 Å². The second kappa shape index (κ2) is 4.35. The minimum absolute atomic E-state index is 0.0635. The third-order valence-electron chi connectivity index (χ3n) is 1.42.